The molecule has 0 aromatic heterocycles. The lowest BCUT2D eigenvalue weighted by atomic mass is 10.2. The molecule has 1 fully saturated rings. The van der Waals surface area contributed by atoms with E-state index < -0.39 is 0 Å². The second kappa shape index (κ2) is 4.38. The fourth-order valence-corrected chi connectivity index (χ4v) is 1.30. The summed E-state index contributed by atoms with van der Waals surface area (Å²) < 4.78 is 0. The van der Waals surface area contributed by atoms with E-state index in [2.05, 4.69) is 29.0 Å². The molecule has 0 bridgehead atoms. The molecule has 0 amide bonds. The molecule has 1 atom stereocenters. The van der Waals surface area contributed by atoms with Crippen LogP contribution >= 0.6 is 0 Å². The summed E-state index contributed by atoms with van der Waals surface area (Å²) in [6, 6.07) is 0.643. The van der Waals surface area contributed by atoms with Gasteiger partial charge in [0.25, 0.3) is 0 Å². The third kappa shape index (κ3) is 2.53. The Hall–Kier alpha value is -0.520. The van der Waals surface area contributed by atoms with Crippen LogP contribution in [0.3, 0.4) is 0 Å². The molecule has 0 aromatic rings. The van der Waals surface area contributed by atoms with Crippen LogP contribution in [0.25, 0.3) is 0 Å². The summed E-state index contributed by atoms with van der Waals surface area (Å²) in [6.45, 7) is 8.41. The van der Waals surface area contributed by atoms with E-state index in [0.29, 0.717) is 6.04 Å². The van der Waals surface area contributed by atoms with Gasteiger partial charge in [-0.3, -0.25) is 4.90 Å². The van der Waals surface area contributed by atoms with Crippen LogP contribution in [0.15, 0.2) is 0 Å². The van der Waals surface area contributed by atoms with Crippen LogP contribution in [-0.2, 0) is 0 Å². The number of nitrogens with zero attached hydrogens (tertiary/aromatic N) is 1. The normalized spacial score (nSPS) is 25.8. The van der Waals surface area contributed by atoms with Gasteiger partial charge in [0, 0.05) is 25.7 Å². The van der Waals surface area contributed by atoms with Gasteiger partial charge < -0.3 is 5.32 Å². The SMILES string of the molecule is CC#CCN1CCNC[C@H]1C. The Morgan fingerprint density at radius 2 is 2.45 bits per heavy atom. The minimum absolute atomic E-state index is 0.643. The fraction of sp³-hybridized carbons (Fsp3) is 0.778. The topological polar surface area (TPSA) is 15.3 Å². The van der Waals surface area contributed by atoms with Crippen molar-refractivity contribution >= 4 is 0 Å². The molecule has 1 saturated heterocycles. The summed E-state index contributed by atoms with van der Waals surface area (Å²) in [6.07, 6.45) is 0. The maximum atomic E-state index is 3.35. The van der Waals surface area contributed by atoms with Crippen LogP contribution in [-0.4, -0.2) is 37.1 Å². The van der Waals surface area contributed by atoms with Gasteiger partial charge in [-0.2, -0.15) is 0 Å². The van der Waals surface area contributed by atoms with Gasteiger partial charge in [-0.1, -0.05) is 5.92 Å². The van der Waals surface area contributed by atoms with E-state index >= 15 is 0 Å². The minimum atomic E-state index is 0.643. The lowest BCUT2D eigenvalue weighted by Crippen LogP contribution is -2.49. The summed E-state index contributed by atoms with van der Waals surface area (Å²) >= 11 is 0. The van der Waals surface area contributed by atoms with Crippen molar-refractivity contribution in [2.75, 3.05) is 26.2 Å². The van der Waals surface area contributed by atoms with Gasteiger partial charge in [0.2, 0.25) is 0 Å². The molecule has 62 valence electrons. The Balaban J connectivity index is 2.33. The highest BCUT2D eigenvalue weighted by Crippen LogP contribution is 1.99. The molecule has 0 aliphatic carbocycles. The Labute approximate surface area is 69.0 Å². The zero-order valence-corrected chi connectivity index (χ0v) is 7.35. The molecular formula is C9H16N2. The number of piperazine rings is 1. The second-order valence-electron chi connectivity index (χ2n) is 2.95. The van der Waals surface area contributed by atoms with Crippen LogP contribution in [0.1, 0.15) is 13.8 Å². The number of nitrogens with one attached hydrogen (secondary N) is 1. The average molecular weight is 152 g/mol. The molecule has 1 aliphatic rings. The van der Waals surface area contributed by atoms with Crippen molar-refractivity contribution < 1.29 is 0 Å². The maximum Gasteiger partial charge on any atom is 0.0604 e. The van der Waals surface area contributed by atoms with Gasteiger partial charge in [-0.25, -0.2) is 0 Å². The van der Waals surface area contributed by atoms with Crippen molar-refractivity contribution in [2.24, 2.45) is 0 Å². The zero-order valence-electron chi connectivity index (χ0n) is 7.35. The Kier molecular flexibility index (Phi) is 3.41. The highest BCUT2D eigenvalue weighted by atomic mass is 15.2. The van der Waals surface area contributed by atoms with E-state index in [1.165, 1.54) is 0 Å². The maximum absolute atomic E-state index is 3.35. The summed E-state index contributed by atoms with van der Waals surface area (Å²) in [4.78, 5) is 2.41. The second-order valence-corrected chi connectivity index (χ2v) is 2.95. The van der Waals surface area contributed by atoms with Gasteiger partial charge in [0.05, 0.1) is 6.54 Å². The molecule has 1 N–H and O–H groups in total. The monoisotopic (exact) mass is 152 g/mol. The number of hydrogen-bond acceptors (Lipinski definition) is 2. The van der Waals surface area contributed by atoms with Gasteiger partial charge >= 0.3 is 0 Å². The summed E-state index contributed by atoms with van der Waals surface area (Å²) in [5.41, 5.74) is 0. The van der Waals surface area contributed by atoms with Crippen LogP contribution in [0.2, 0.25) is 0 Å². The van der Waals surface area contributed by atoms with E-state index in [1.54, 1.807) is 0 Å². The predicted octanol–water partition coefficient (Wildman–Crippen LogP) is 0.303. The van der Waals surface area contributed by atoms with Crippen LogP contribution in [0.4, 0.5) is 0 Å². The minimum Gasteiger partial charge on any atom is -0.314 e. The van der Waals surface area contributed by atoms with Gasteiger partial charge in [-0.15, -0.1) is 5.92 Å². The van der Waals surface area contributed by atoms with Crippen molar-refractivity contribution in [1.29, 1.82) is 0 Å². The van der Waals surface area contributed by atoms with Gasteiger partial charge in [-0.05, 0) is 13.8 Å². The van der Waals surface area contributed by atoms with E-state index in [1.807, 2.05) is 6.92 Å². The molecule has 2 nitrogen and oxygen atoms in total. The van der Waals surface area contributed by atoms with Crippen LogP contribution in [0.5, 0.6) is 0 Å². The fourth-order valence-electron chi connectivity index (χ4n) is 1.30. The van der Waals surface area contributed by atoms with Gasteiger partial charge in [0.15, 0.2) is 0 Å². The molecule has 0 saturated carbocycles. The standard InChI is InChI=1S/C9H16N2/c1-3-4-6-11-7-5-10-8-9(11)2/h9-10H,5-8H2,1-2H3/t9-/m1/s1. The lowest BCUT2D eigenvalue weighted by Gasteiger charge is -2.32. The third-order valence-corrected chi connectivity index (χ3v) is 2.10. The number of hydrogen-bond donors (Lipinski definition) is 1. The molecule has 0 aromatic carbocycles. The molecule has 1 heterocycles. The highest BCUT2D eigenvalue weighted by Gasteiger charge is 2.15. The van der Waals surface area contributed by atoms with E-state index in [9.17, 15) is 0 Å². The molecule has 0 spiro atoms. The van der Waals surface area contributed by atoms with Crippen molar-refractivity contribution in [1.82, 2.24) is 10.2 Å². The third-order valence-electron chi connectivity index (χ3n) is 2.10. The smallest absolute Gasteiger partial charge is 0.0604 e. The van der Waals surface area contributed by atoms with Crippen LogP contribution < -0.4 is 5.32 Å². The van der Waals surface area contributed by atoms with Crippen molar-refractivity contribution in [3.05, 3.63) is 0 Å². The molecule has 1 rings (SSSR count). The van der Waals surface area contributed by atoms with E-state index in [0.717, 1.165) is 26.2 Å². The predicted molar refractivity (Wildman–Crippen MR) is 47.4 cm³/mol. The Morgan fingerprint density at radius 3 is 3.09 bits per heavy atom. The number of rotatable bonds is 1. The average Bonchev–Trinajstić information content (AvgIpc) is 2.03. The molecule has 11 heavy (non-hydrogen) atoms. The first kappa shape index (κ1) is 8.58. The summed E-state index contributed by atoms with van der Waals surface area (Å²) in [7, 11) is 0. The molecule has 2 heteroatoms. The van der Waals surface area contributed by atoms with Gasteiger partial charge in [0.1, 0.15) is 0 Å². The van der Waals surface area contributed by atoms with Crippen molar-refractivity contribution in [3.63, 3.8) is 0 Å². The zero-order chi connectivity index (χ0) is 8.10. The molecule has 1 aliphatic heterocycles. The van der Waals surface area contributed by atoms with Crippen LogP contribution in [0, 0.1) is 11.8 Å². The van der Waals surface area contributed by atoms with E-state index in [-0.39, 0.29) is 0 Å². The summed E-state index contributed by atoms with van der Waals surface area (Å²) in [5.74, 6) is 6.02. The first-order chi connectivity index (χ1) is 5.34. The Bertz CT molecular complexity index is 166. The lowest BCUT2D eigenvalue weighted by molar-refractivity contribution is 0.196. The highest BCUT2D eigenvalue weighted by molar-refractivity contribution is 4.99. The molecular weight excluding hydrogens is 136 g/mol. The Morgan fingerprint density at radius 1 is 1.64 bits per heavy atom. The van der Waals surface area contributed by atoms with Crippen molar-refractivity contribution in [2.45, 2.75) is 19.9 Å². The summed E-state index contributed by atoms with van der Waals surface area (Å²) in [5, 5.41) is 3.35. The first-order valence-electron chi connectivity index (χ1n) is 4.19. The molecule has 0 unspecified atom stereocenters. The van der Waals surface area contributed by atoms with Crippen molar-refractivity contribution in [3.8, 4) is 11.8 Å². The molecule has 0 radical (unpaired) electrons. The largest absolute Gasteiger partial charge is 0.314 e. The first-order valence-corrected chi connectivity index (χ1v) is 4.19. The quantitative estimate of drug-likeness (QED) is 0.544. The van der Waals surface area contributed by atoms with E-state index in [4.69, 9.17) is 0 Å².